The second kappa shape index (κ2) is 7.24. The maximum absolute atomic E-state index is 3.67. The molecule has 1 fully saturated rings. The third kappa shape index (κ3) is 3.83. The molecule has 2 nitrogen and oxygen atoms in total. The maximum Gasteiger partial charge on any atom is 0.0451 e. The Labute approximate surface area is 124 Å². The van der Waals surface area contributed by atoms with E-state index in [1.165, 1.54) is 30.6 Å². The molecule has 112 valence electrons. The lowest BCUT2D eigenvalue weighted by Crippen LogP contribution is -2.34. The van der Waals surface area contributed by atoms with Crippen molar-refractivity contribution < 1.29 is 0 Å². The minimum absolute atomic E-state index is 0.465. The van der Waals surface area contributed by atoms with Crippen molar-refractivity contribution in [1.29, 1.82) is 0 Å². The van der Waals surface area contributed by atoms with Crippen molar-refractivity contribution in [2.45, 2.75) is 40.2 Å². The standard InChI is InChI=1S/C18H30N2/c1-5-19-18(17-9-7-6-8-15(17)4)13-20-11-10-16(12-20)14(2)3/h6-9,14,16,18-19H,5,10-13H2,1-4H3. The van der Waals surface area contributed by atoms with Crippen LogP contribution >= 0.6 is 0 Å². The fraction of sp³-hybridized carbons (Fsp3) is 0.667. The van der Waals surface area contributed by atoms with Crippen LogP contribution in [0.3, 0.4) is 0 Å². The summed E-state index contributed by atoms with van der Waals surface area (Å²) < 4.78 is 0. The molecule has 1 aromatic rings. The average molecular weight is 274 g/mol. The van der Waals surface area contributed by atoms with Crippen molar-refractivity contribution in [3.63, 3.8) is 0 Å². The molecule has 0 amide bonds. The largest absolute Gasteiger partial charge is 0.309 e. The number of hydrogen-bond donors (Lipinski definition) is 1. The lowest BCUT2D eigenvalue weighted by atomic mass is 9.95. The first-order valence-corrected chi connectivity index (χ1v) is 8.13. The summed E-state index contributed by atoms with van der Waals surface area (Å²) in [6.45, 7) is 13.8. The van der Waals surface area contributed by atoms with Crippen molar-refractivity contribution in [2.24, 2.45) is 11.8 Å². The first kappa shape index (κ1) is 15.5. The van der Waals surface area contributed by atoms with E-state index < -0.39 is 0 Å². The zero-order valence-corrected chi connectivity index (χ0v) is 13.5. The monoisotopic (exact) mass is 274 g/mol. The minimum atomic E-state index is 0.465. The first-order valence-electron chi connectivity index (χ1n) is 8.13. The number of rotatable bonds is 6. The predicted octanol–water partition coefficient (Wildman–Crippen LogP) is 3.62. The Morgan fingerprint density at radius 2 is 2.05 bits per heavy atom. The van der Waals surface area contributed by atoms with Gasteiger partial charge in [0.25, 0.3) is 0 Å². The van der Waals surface area contributed by atoms with Gasteiger partial charge in [0, 0.05) is 19.1 Å². The Morgan fingerprint density at radius 3 is 2.65 bits per heavy atom. The van der Waals surface area contributed by atoms with Crippen LogP contribution in [0.25, 0.3) is 0 Å². The second-order valence-electron chi connectivity index (χ2n) is 6.52. The van der Waals surface area contributed by atoms with Crippen molar-refractivity contribution >= 4 is 0 Å². The van der Waals surface area contributed by atoms with Gasteiger partial charge in [0.15, 0.2) is 0 Å². The van der Waals surface area contributed by atoms with Crippen molar-refractivity contribution in [1.82, 2.24) is 10.2 Å². The molecule has 2 heteroatoms. The van der Waals surface area contributed by atoms with E-state index in [-0.39, 0.29) is 0 Å². The van der Waals surface area contributed by atoms with Crippen molar-refractivity contribution in [2.75, 3.05) is 26.2 Å². The van der Waals surface area contributed by atoms with Gasteiger partial charge in [-0.2, -0.15) is 0 Å². The molecule has 0 spiro atoms. The van der Waals surface area contributed by atoms with E-state index >= 15 is 0 Å². The SMILES string of the molecule is CCNC(CN1CCC(C(C)C)C1)c1ccccc1C. The summed E-state index contributed by atoms with van der Waals surface area (Å²) in [4.78, 5) is 2.64. The molecule has 1 aliphatic heterocycles. The Morgan fingerprint density at radius 1 is 1.30 bits per heavy atom. The van der Waals surface area contributed by atoms with Gasteiger partial charge in [-0.25, -0.2) is 0 Å². The molecule has 0 radical (unpaired) electrons. The molecule has 2 rings (SSSR count). The Bertz CT molecular complexity index is 414. The third-order valence-electron chi connectivity index (χ3n) is 4.71. The lowest BCUT2D eigenvalue weighted by molar-refractivity contribution is 0.271. The molecular weight excluding hydrogens is 244 g/mol. The number of likely N-dealkylation sites (tertiary alicyclic amines) is 1. The van der Waals surface area contributed by atoms with Crippen LogP contribution in [0.4, 0.5) is 0 Å². The normalized spacial score (nSPS) is 21.6. The molecular formula is C18H30N2. The van der Waals surface area contributed by atoms with E-state index in [4.69, 9.17) is 0 Å². The number of aryl methyl sites for hydroxylation is 1. The smallest absolute Gasteiger partial charge is 0.0451 e. The molecule has 1 aliphatic rings. The molecule has 20 heavy (non-hydrogen) atoms. The fourth-order valence-corrected chi connectivity index (χ4v) is 3.33. The third-order valence-corrected chi connectivity index (χ3v) is 4.71. The van der Waals surface area contributed by atoms with E-state index in [0.29, 0.717) is 6.04 Å². The minimum Gasteiger partial charge on any atom is -0.309 e. The Kier molecular flexibility index (Phi) is 5.62. The summed E-state index contributed by atoms with van der Waals surface area (Å²) >= 11 is 0. The highest BCUT2D eigenvalue weighted by atomic mass is 15.2. The van der Waals surface area contributed by atoms with Crippen molar-refractivity contribution in [3.8, 4) is 0 Å². The van der Waals surface area contributed by atoms with Gasteiger partial charge in [-0.15, -0.1) is 0 Å². The second-order valence-corrected chi connectivity index (χ2v) is 6.52. The van der Waals surface area contributed by atoms with Crippen LogP contribution < -0.4 is 5.32 Å². The van der Waals surface area contributed by atoms with Gasteiger partial charge in [-0.05, 0) is 49.4 Å². The fourth-order valence-electron chi connectivity index (χ4n) is 3.33. The molecule has 0 bridgehead atoms. The summed E-state index contributed by atoms with van der Waals surface area (Å²) in [6, 6.07) is 9.26. The lowest BCUT2D eigenvalue weighted by Gasteiger charge is -2.26. The van der Waals surface area contributed by atoms with Gasteiger partial charge in [0.1, 0.15) is 0 Å². The highest BCUT2D eigenvalue weighted by Crippen LogP contribution is 2.26. The molecule has 1 heterocycles. The number of hydrogen-bond acceptors (Lipinski definition) is 2. The van der Waals surface area contributed by atoms with Gasteiger partial charge in [0.2, 0.25) is 0 Å². The summed E-state index contributed by atoms with van der Waals surface area (Å²) in [5, 5.41) is 3.67. The van der Waals surface area contributed by atoms with Crippen LogP contribution in [0.15, 0.2) is 24.3 Å². The van der Waals surface area contributed by atoms with Gasteiger partial charge in [0.05, 0.1) is 0 Å². The van der Waals surface area contributed by atoms with Gasteiger partial charge in [-0.3, -0.25) is 0 Å². The zero-order chi connectivity index (χ0) is 14.5. The molecule has 2 unspecified atom stereocenters. The Balaban J connectivity index is 2.02. The number of nitrogens with zero attached hydrogens (tertiary/aromatic N) is 1. The molecule has 0 saturated carbocycles. The van der Waals surface area contributed by atoms with Gasteiger partial charge in [-0.1, -0.05) is 45.0 Å². The summed E-state index contributed by atoms with van der Waals surface area (Å²) in [6.07, 6.45) is 1.37. The zero-order valence-electron chi connectivity index (χ0n) is 13.5. The van der Waals surface area contributed by atoms with E-state index in [1.807, 2.05) is 0 Å². The van der Waals surface area contributed by atoms with Crippen LogP contribution in [0.1, 0.15) is 44.4 Å². The summed E-state index contributed by atoms with van der Waals surface area (Å²) in [5.41, 5.74) is 2.86. The number of nitrogens with one attached hydrogen (secondary N) is 1. The number of likely N-dealkylation sites (N-methyl/N-ethyl adjacent to an activating group) is 1. The summed E-state index contributed by atoms with van der Waals surface area (Å²) in [5.74, 6) is 1.70. The first-order chi connectivity index (χ1) is 9.61. The van der Waals surface area contributed by atoms with Gasteiger partial charge < -0.3 is 10.2 Å². The highest BCUT2D eigenvalue weighted by Gasteiger charge is 2.27. The molecule has 1 aromatic carbocycles. The van der Waals surface area contributed by atoms with Crippen LogP contribution in [0, 0.1) is 18.8 Å². The molecule has 1 saturated heterocycles. The van der Waals surface area contributed by atoms with Crippen LogP contribution in [0.5, 0.6) is 0 Å². The quantitative estimate of drug-likeness (QED) is 0.852. The van der Waals surface area contributed by atoms with Gasteiger partial charge >= 0.3 is 0 Å². The molecule has 1 N–H and O–H groups in total. The summed E-state index contributed by atoms with van der Waals surface area (Å²) in [7, 11) is 0. The van der Waals surface area contributed by atoms with Crippen molar-refractivity contribution in [3.05, 3.63) is 35.4 Å². The average Bonchev–Trinajstić information content (AvgIpc) is 2.88. The molecule has 2 atom stereocenters. The van der Waals surface area contributed by atoms with Crippen LogP contribution in [0.2, 0.25) is 0 Å². The highest BCUT2D eigenvalue weighted by molar-refractivity contribution is 5.29. The van der Waals surface area contributed by atoms with E-state index in [1.54, 1.807) is 0 Å². The van der Waals surface area contributed by atoms with Crippen LogP contribution in [-0.2, 0) is 0 Å². The van der Waals surface area contributed by atoms with E-state index in [0.717, 1.165) is 24.9 Å². The van der Waals surface area contributed by atoms with E-state index in [9.17, 15) is 0 Å². The predicted molar refractivity (Wildman–Crippen MR) is 87.0 cm³/mol. The Hall–Kier alpha value is -0.860. The van der Waals surface area contributed by atoms with E-state index in [2.05, 4.69) is 62.2 Å². The van der Waals surface area contributed by atoms with Crippen LogP contribution in [-0.4, -0.2) is 31.1 Å². The maximum atomic E-state index is 3.67. The number of benzene rings is 1. The molecule has 0 aliphatic carbocycles. The molecule has 0 aromatic heterocycles. The topological polar surface area (TPSA) is 15.3 Å².